The van der Waals surface area contributed by atoms with Crippen molar-refractivity contribution in [2.75, 3.05) is 20.7 Å². The molecule has 6 heteroatoms. The topological polar surface area (TPSA) is 86.2 Å². The number of guanidine groups is 1. The second kappa shape index (κ2) is 9.45. The highest BCUT2D eigenvalue weighted by Gasteiger charge is 2.37. The van der Waals surface area contributed by atoms with E-state index in [-0.39, 0.29) is 17.4 Å². The molecule has 0 spiro atoms. The van der Waals surface area contributed by atoms with Crippen LogP contribution in [0.3, 0.4) is 0 Å². The SMILES string of the molecule is CNC(=N)NC1CCC(CNC(=O)c2ccccc2OC)(c2ccccc2)CC1. The van der Waals surface area contributed by atoms with E-state index in [1.54, 1.807) is 26.3 Å². The van der Waals surface area contributed by atoms with Gasteiger partial charge in [0.15, 0.2) is 5.96 Å². The molecule has 0 atom stereocenters. The van der Waals surface area contributed by atoms with Crippen molar-refractivity contribution >= 4 is 11.9 Å². The van der Waals surface area contributed by atoms with Gasteiger partial charge in [-0.2, -0.15) is 0 Å². The van der Waals surface area contributed by atoms with E-state index < -0.39 is 0 Å². The molecular weight excluding hydrogens is 364 g/mol. The predicted molar refractivity (Wildman–Crippen MR) is 116 cm³/mol. The minimum absolute atomic E-state index is 0.112. The molecule has 1 saturated carbocycles. The number of nitrogens with one attached hydrogen (secondary N) is 4. The van der Waals surface area contributed by atoms with Crippen LogP contribution in [0.15, 0.2) is 54.6 Å². The Balaban J connectivity index is 1.74. The van der Waals surface area contributed by atoms with Crippen molar-refractivity contribution in [1.29, 1.82) is 5.41 Å². The van der Waals surface area contributed by atoms with Gasteiger partial charge >= 0.3 is 0 Å². The van der Waals surface area contributed by atoms with Gasteiger partial charge in [-0.1, -0.05) is 42.5 Å². The van der Waals surface area contributed by atoms with Gasteiger partial charge in [-0.3, -0.25) is 10.2 Å². The number of hydrogen-bond acceptors (Lipinski definition) is 3. The maximum atomic E-state index is 12.8. The van der Waals surface area contributed by atoms with Crippen LogP contribution in [0.2, 0.25) is 0 Å². The molecule has 1 aliphatic carbocycles. The van der Waals surface area contributed by atoms with E-state index in [1.807, 2.05) is 18.2 Å². The highest BCUT2D eigenvalue weighted by molar-refractivity contribution is 5.97. The highest BCUT2D eigenvalue weighted by Crippen LogP contribution is 2.39. The molecule has 4 N–H and O–H groups in total. The zero-order valence-electron chi connectivity index (χ0n) is 17.1. The molecule has 154 valence electrons. The normalized spacial score (nSPS) is 21.1. The van der Waals surface area contributed by atoms with E-state index in [2.05, 4.69) is 40.2 Å². The number of hydrogen-bond donors (Lipinski definition) is 4. The first-order chi connectivity index (χ1) is 14.1. The first-order valence-electron chi connectivity index (χ1n) is 10.1. The predicted octanol–water partition coefficient (Wildman–Crippen LogP) is 3.05. The lowest BCUT2D eigenvalue weighted by Crippen LogP contribution is -2.49. The molecule has 0 saturated heterocycles. The zero-order valence-corrected chi connectivity index (χ0v) is 17.1. The number of amides is 1. The fraction of sp³-hybridized carbons (Fsp3) is 0.391. The average molecular weight is 395 g/mol. The van der Waals surface area contributed by atoms with Crippen LogP contribution in [0.5, 0.6) is 5.75 Å². The second-order valence-electron chi connectivity index (χ2n) is 7.57. The molecule has 3 rings (SSSR count). The van der Waals surface area contributed by atoms with Crippen LogP contribution < -0.4 is 20.7 Å². The van der Waals surface area contributed by atoms with Gasteiger partial charge in [0.25, 0.3) is 5.91 Å². The van der Waals surface area contributed by atoms with E-state index >= 15 is 0 Å². The third-order valence-electron chi connectivity index (χ3n) is 5.87. The number of carbonyl (C=O) groups is 1. The molecule has 2 aromatic carbocycles. The molecule has 0 aliphatic heterocycles. The molecule has 0 bridgehead atoms. The summed E-state index contributed by atoms with van der Waals surface area (Å²) < 4.78 is 5.33. The summed E-state index contributed by atoms with van der Waals surface area (Å²) in [5.74, 6) is 0.818. The first-order valence-corrected chi connectivity index (χ1v) is 10.1. The number of para-hydroxylation sites is 1. The third-order valence-corrected chi connectivity index (χ3v) is 5.87. The van der Waals surface area contributed by atoms with Gasteiger partial charge in [-0.05, 0) is 43.4 Å². The Hall–Kier alpha value is -3.02. The van der Waals surface area contributed by atoms with Crippen molar-refractivity contribution in [2.24, 2.45) is 0 Å². The molecule has 1 amide bonds. The molecule has 0 aromatic heterocycles. The van der Waals surface area contributed by atoms with Crippen molar-refractivity contribution < 1.29 is 9.53 Å². The van der Waals surface area contributed by atoms with E-state index in [1.165, 1.54) is 5.56 Å². The molecule has 2 aromatic rings. The largest absolute Gasteiger partial charge is 0.496 e. The molecule has 29 heavy (non-hydrogen) atoms. The fourth-order valence-electron chi connectivity index (χ4n) is 4.13. The summed E-state index contributed by atoms with van der Waals surface area (Å²) in [5.41, 5.74) is 1.69. The average Bonchev–Trinajstić information content (AvgIpc) is 2.79. The van der Waals surface area contributed by atoms with Crippen molar-refractivity contribution in [3.63, 3.8) is 0 Å². The van der Waals surface area contributed by atoms with E-state index in [4.69, 9.17) is 10.1 Å². The van der Waals surface area contributed by atoms with Crippen LogP contribution in [-0.4, -0.2) is 38.6 Å². The van der Waals surface area contributed by atoms with Crippen LogP contribution in [0, 0.1) is 5.41 Å². The number of carbonyl (C=O) groups excluding carboxylic acids is 1. The minimum atomic E-state index is -0.116. The molecule has 1 aliphatic rings. The fourth-order valence-corrected chi connectivity index (χ4v) is 4.13. The van der Waals surface area contributed by atoms with Crippen molar-refractivity contribution in [3.8, 4) is 5.75 Å². The zero-order chi connectivity index (χ0) is 20.7. The molecule has 1 fully saturated rings. The van der Waals surface area contributed by atoms with Gasteiger partial charge in [-0.25, -0.2) is 0 Å². The molecular formula is C23H30N4O2. The number of benzene rings is 2. The quantitative estimate of drug-likeness (QED) is 0.448. The Labute approximate surface area is 172 Å². The Morgan fingerprint density at radius 2 is 1.76 bits per heavy atom. The molecule has 0 heterocycles. The summed E-state index contributed by atoms with van der Waals surface area (Å²) in [6, 6.07) is 18.0. The van der Waals surface area contributed by atoms with E-state index in [0.29, 0.717) is 23.8 Å². The summed E-state index contributed by atoms with van der Waals surface area (Å²) in [5, 5.41) is 17.0. The van der Waals surface area contributed by atoms with E-state index in [9.17, 15) is 4.79 Å². The lowest BCUT2D eigenvalue weighted by molar-refractivity contribution is 0.0932. The van der Waals surface area contributed by atoms with Crippen molar-refractivity contribution in [2.45, 2.75) is 37.1 Å². The van der Waals surface area contributed by atoms with Gasteiger partial charge in [0.1, 0.15) is 5.75 Å². The maximum absolute atomic E-state index is 12.8. The maximum Gasteiger partial charge on any atom is 0.255 e. The van der Waals surface area contributed by atoms with Crippen LogP contribution in [0.4, 0.5) is 0 Å². The van der Waals surface area contributed by atoms with Gasteiger partial charge in [0.05, 0.1) is 12.7 Å². The van der Waals surface area contributed by atoms with Gasteiger partial charge in [0, 0.05) is 25.0 Å². The first kappa shape index (κ1) is 20.7. The highest BCUT2D eigenvalue weighted by atomic mass is 16.5. The smallest absolute Gasteiger partial charge is 0.255 e. The number of methoxy groups -OCH3 is 1. The molecule has 0 unspecified atom stereocenters. The van der Waals surface area contributed by atoms with Gasteiger partial charge in [0.2, 0.25) is 0 Å². The monoisotopic (exact) mass is 394 g/mol. The summed E-state index contributed by atoms with van der Waals surface area (Å²) >= 11 is 0. The van der Waals surface area contributed by atoms with E-state index in [0.717, 1.165) is 25.7 Å². The Morgan fingerprint density at radius 1 is 1.10 bits per heavy atom. The van der Waals surface area contributed by atoms with Gasteiger partial charge < -0.3 is 20.7 Å². The van der Waals surface area contributed by atoms with Crippen LogP contribution >= 0.6 is 0 Å². The molecule has 0 radical (unpaired) electrons. The molecule has 6 nitrogen and oxygen atoms in total. The van der Waals surface area contributed by atoms with Crippen LogP contribution in [0.1, 0.15) is 41.6 Å². The summed E-state index contributed by atoms with van der Waals surface area (Å²) in [4.78, 5) is 12.8. The lowest BCUT2D eigenvalue weighted by Gasteiger charge is -2.41. The number of ether oxygens (including phenoxy) is 1. The summed E-state index contributed by atoms with van der Waals surface area (Å²) in [6.45, 7) is 0.574. The summed E-state index contributed by atoms with van der Waals surface area (Å²) in [7, 11) is 3.33. The van der Waals surface area contributed by atoms with Gasteiger partial charge in [-0.15, -0.1) is 0 Å². The van der Waals surface area contributed by atoms with Crippen LogP contribution in [-0.2, 0) is 5.41 Å². The Bertz CT molecular complexity index is 830. The summed E-state index contributed by atoms with van der Waals surface area (Å²) in [6.07, 6.45) is 3.78. The second-order valence-corrected chi connectivity index (χ2v) is 7.57. The lowest BCUT2D eigenvalue weighted by atomic mass is 9.68. The standard InChI is InChI=1S/C23H30N4O2/c1-25-22(24)27-18-12-14-23(15-13-18,17-8-4-3-5-9-17)16-26-21(28)19-10-6-7-11-20(19)29-2/h3-11,18H,12-16H2,1-2H3,(H,26,28)(H3,24,25,27). The Morgan fingerprint density at radius 3 is 2.41 bits per heavy atom. The van der Waals surface area contributed by atoms with Crippen molar-refractivity contribution in [1.82, 2.24) is 16.0 Å². The van der Waals surface area contributed by atoms with Crippen LogP contribution in [0.25, 0.3) is 0 Å². The minimum Gasteiger partial charge on any atom is -0.496 e. The van der Waals surface area contributed by atoms with Crippen molar-refractivity contribution in [3.05, 3.63) is 65.7 Å². The number of rotatable bonds is 6. The Kier molecular flexibility index (Phi) is 6.75. The third kappa shape index (κ3) is 4.88.